The van der Waals surface area contributed by atoms with Gasteiger partial charge in [-0.3, -0.25) is 9.36 Å². The minimum atomic E-state index is -0.317. The molecule has 1 aliphatic heterocycles. The van der Waals surface area contributed by atoms with Crippen molar-refractivity contribution in [2.75, 3.05) is 18.0 Å². The monoisotopic (exact) mass is 522 g/mol. The highest BCUT2D eigenvalue weighted by atomic mass is 35.5. The van der Waals surface area contributed by atoms with Crippen molar-refractivity contribution < 1.29 is 4.79 Å². The Labute approximate surface area is 219 Å². The minimum absolute atomic E-state index is 0.210. The van der Waals surface area contributed by atoms with Crippen molar-refractivity contribution in [1.29, 1.82) is 0 Å². The molecule has 0 spiro atoms. The predicted octanol–water partition coefficient (Wildman–Crippen LogP) is 6.20. The fraction of sp³-hybridized carbons (Fsp3) is 0.370. The maximum atomic E-state index is 13.1. The number of benzene rings is 2. The van der Waals surface area contributed by atoms with Crippen molar-refractivity contribution >= 4 is 46.1 Å². The van der Waals surface area contributed by atoms with Crippen LogP contribution >= 0.6 is 23.2 Å². The molecule has 6 rings (SSSR count). The molecular formula is C27H28Cl2N6O. The molecule has 1 fully saturated rings. The molecule has 9 heteroatoms. The third-order valence-corrected chi connectivity index (χ3v) is 7.87. The summed E-state index contributed by atoms with van der Waals surface area (Å²) in [5.74, 6) is 1.88. The molecule has 1 amide bonds. The Morgan fingerprint density at radius 1 is 1.14 bits per heavy atom. The van der Waals surface area contributed by atoms with Crippen LogP contribution in [-0.4, -0.2) is 38.5 Å². The number of fused-ring (bicyclic) bond motifs is 2. The van der Waals surface area contributed by atoms with E-state index in [2.05, 4.69) is 31.7 Å². The normalized spacial score (nSPS) is 18.1. The highest BCUT2D eigenvalue weighted by Gasteiger charge is 2.31. The number of hydrogen-bond donors (Lipinski definition) is 2. The number of aromatic nitrogens is 4. The van der Waals surface area contributed by atoms with Crippen LogP contribution in [0.3, 0.4) is 0 Å². The van der Waals surface area contributed by atoms with Gasteiger partial charge in [0, 0.05) is 35.3 Å². The van der Waals surface area contributed by atoms with E-state index in [0.29, 0.717) is 27.4 Å². The lowest BCUT2D eigenvalue weighted by atomic mass is 10.1. The van der Waals surface area contributed by atoms with E-state index < -0.39 is 0 Å². The molecule has 2 aliphatic rings. The summed E-state index contributed by atoms with van der Waals surface area (Å²) in [6.07, 6.45) is 4.44. The van der Waals surface area contributed by atoms with Gasteiger partial charge in [0.25, 0.3) is 5.91 Å². The number of halogens is 2. The molecule has 36 heavy (non-hydrogen) atoms. The molecule has 4 aromatic rings. The quantitative estimate of drug-likeness (QED) is 0.327. The van der Waals surface area contributed by atoms with E-state index in [1.807, 2.05) is 31.2 Å². The third kappa shape index (κ3) is 4.04. The van der Waals surface area contributed by atoms with Gasteiger partial charge in [-0.1, -0.05) is 30.1 Å². The summed E-state index contributed by atoms with van der Waals surface area (Å²) in [6, 6.07) is 10.7. The molecule has 0 saturated carbocycles. The van der Waals surface area contributed by atoms with Crippen LogP contribution < -0.4 is 10.2 Å². The van der Waals surface area contributed by atoms with Gasteiger partial charge in [-0.25, -0.2) is 9.97 Å². The topological polar surface area (TPSA) is 78.8 Å². The number of hydrogen-bond acceptors (Lipinski definition) is 4. The lowest BCUT2D eigenvalue weighted by Gasteiger charge is -2.21. The first-order valence-corrected chi connectivity index (χ1v) is 13.3. The number of nitrogens with zero attached hydrogens (tertiary/aromatic N) is 4. The van der Waals surface area contributed by atoms with Crippen molar-refractivity contribution in [1.82, 2.24) is 24.8 Å². The van der Waals surface area contributed by atoms with Crippen molar-refractivity contribution in [3.8, 4) is 5.69 Å². The van der Waals surface area contributed by atoms with Gasteiger partial charge in [-0.05, 0) is 69.0 Å². The maximum absolute atomic E-state index is 13.1. The number of carbonyl (C=O) groups is 1. The Morgan fingerprint density at radius 3 is 2.72 bits per heavy atom. The van der Waals surface area contributed by atoms with Gasteiger partial charge in [0.15, 0.2) is 0 Å². The summed E-state index contributed by atoms with van der Waals surface area (Å²) >= 11 is 12.9. The highest BCUT2D eigenvalue weighted by Crippen LogP contribution is 2.39. The molecule has 1 aliphatic carbocycles. The Balaban J connectivity index is 1.27. The van der Waals surface area contributed by atoms with Crippen molar-refractivity contribution in [3.63, 3.8) is 0 Å². The van der Waals surface area contributed by atoms with E-state index in [1.54, 1.807) is 12.1 Å². The summed E-state index contributed by atoms with van der Waals surface area (Å²) in [5.41, 5.74) is 5.43. The van der Waals surface area contributed by atoms with Crippen LogP contribution in [-0.2, 0) is 6.42 Å². The lowest BCUT2D eigenvalue weighted by Crippen LogP contribution is -2.27. The summed E-state index contributed by atoms with van der Waals surface area (Å²) in [5, 5.41) is 4.18. The molecule has 1 saturated heterocycles. The van der Waals surface area contributed by atoms with Crippen molar-refractivity contribution in [3.05, 3.63) is 69.2 Å². The van der Waals surface area contributed by atoms with Crippen LogP contribution in [0.2, 0.25) is 10.0 Å². The predicted molar refractivity (Wildman–Crippen MR) is 144 cm³/mol. The molecule has 2 N–H and O–H groups in total. The van der Waals surface area contributed by atoms with Crippen molar-refractivity contribution in [2.45, 2.75) is 51.5 Å². The Hall–Kier alpha value is -3.03. The molecule has 1 unspecified atom stereocenters. The maximum Gasteiger partial charge on any atom is 0.251 e. The Kier molecular flexibility index (Phi) is 5.92. The number of aromatic amines is 1. The number of rotatable bonds is 5. The smallest absolute Gasteiger partial charge is 0.251 e. The van der Waals surface area contributed by atoms with Gasteiger partial charge in [0.2, 0.25) is 5.95 Å². The zero-order valence-corrected chi connectivity index (χ0v) is 21.8. The summed E-state index contributed by atoms with van der Waals surface area (Å²) in [7, 11) is 0. The number of carbonyl (C=O) groups excluding carboxylic acids is 1. The van der Waals surface area contributed by atoms with Crippen LogP contribution in [0.1, 0.15) is 72.6 Å². The van der Waals surface area contributed by atoms with Gasteiger partial charge >= 0.3 is 0 Å². The minimum Gasteiger partial charge on any atom is -0.342 e. The highest BCUT2D eigenvalue weighted by molar-refractivity contribution is 6.33. The number of H-pyrrole nitrogens is 1. The second kappa shape index (κ2) is 9.12. The van der Waals surface area contributed by atoms with Gasteiger partial charge in [-0.15, -0.1) is 0 Å². The molecule has 3 heterocycles. The molecule has 2 aromatic heterocycles. The van der Waals surface area contributed by atoms with Crippen LogP contribution in [0.15, 0.2) is 36.4 Å². The zero-order chi connectivity index (χ0) is 25.0. The summed E-state index contributed by atoms with van der Waals surface area (Å²) < 4.78 is 2.22. The first kappa shape index (κ1) is 23.4. The average Bonchev–Trinajstić information content (AvgIpc) is 3.64. The first-order chi connectivity index (χ1) is 17.4. The largest absolute Gasteiger partial charge is 0.342 e. The van der Waals surface area contributed by atoms with Crippen LogP contribution in [0.25, 0.3) is 16.7 Å². The molecule has 2 aromatic carbocycles. The third-order valence-electron chi connectivity index (χ3n) is 7.33. The lowest BCUT2D eigenvalue weighted by molar-refractivity contribution is 0.0938. The van der Waals surface area contributed by atoms with E-state index in [-0.39, 0.29) is 11.9 Å². The SMILES string of the molecule is CC1CCc2c1nc(N1CCCC1)n2-c1ccc(C(=O)N[C@@H](C)c2nc3cc(Cl)ccc3[nH]2)cc1Cl. The number of amides is 1. The molecule has 0 radical (unpaired) electrons. The van der Waals surface area contributed by atoms with E-state index in [4.69, 9.17) is 28.2 Å². The molecule has 2 atom stereocenters. The number of nitrogens with one attached hydrogen (secondary N) is 2. The molecule has 186 valence electrons. The van der Waals surface area contributed by atoms with Gasteiger partial charge < -0.3 is 15.2 Å². The number of anilines is 1. The Morgan fingerprint density at radius 2 is 1.94 bits per heavy atom. The molecule has 0 bridgehead atoms. The van der Waals surface area contributed by atoms with Gasteiger partial charge in [0.1, 0.15) is 5.82 Å². The van der Waals surface area contributed by atoms with E-state index in [0.717, 1.165) is 48.6 Å². The fourth-order valence-corrected chi connectivity index (χ4v) is 5.78. The Bertz CT molecular complexity index is 1470. The average molecular weight is 523 g/mol. The van der Waals surface area contributed by atoms with Crippen LogP contribution in [0.4, 0.5) is 5.95 Å². The van der Waals surface area contributed by atoms with E-state index in [1.165, 1.54) is 24.2 Å². The fourth-order valence-electron chi connectivity index (χ4n) is 5.35. The van der Waals surface area contributed by atoms with E-state index in [9.17, 15) is 4.79 Å². The molecular weight excluding hydrogens is 495 g/mol. The van der Waals surface area contributed by atoms with Crippen LogP contribution in [0.5, 0.6) is 0 Å². The standard InChI is InChI=1S/C27H28Cl2N6O/c1-15-5-9-23-24(15)33-27(34-11-3-4-12-34)35(23)22-10-6-17(13-19(22)29)26(36)30-16(2)25-31-20-8-7-18(28)14-21(20)32-25/h6-8,10,13-16H,3-5,9,11-12H2,1-2H3,(H,30,36)(H,31,32)/t15?,16-/m0/s1. The van der Waals surface area contributed by atoms with Crippen LogP contribution in [0, 0.1) is 0 Å². The second-order valence-corrected chi connectivity index (χ2v) is 10.7. The second-order valence-electron chi connectivity index (χ2n) is 9.86. The summed E-state index contributed by atoms with van der Waals surface area (Å²) in [4.78, 5) is 28.3. The van der Waals surface area contributed by atoms with Gasteiger partial charge in [0.05, 0.1) is 33.5 Å². The van der Waals surface area contributed by atoms with Gasteiger partial charge in [-0.2, -0.15) is 0 Å². The van der Waals surface area contributed by atoms with Crippen molar-refractivity contribution in [2.24, 2.45) is 0 Å². The zero-order valence-electron chi connectivity index (χ0n) is 20.3. The molecule has 7 nitrogen and oxygen atoms in total. The van der Waals surface area contributed by atoms with E-state index >= 15 is 0 Å². The summed E-state index contributed by atoms with van der Waals surface area (Å²) in [6.45, 7) is 6.15. The first-order valence-electron chi connectivity index (χ1n) is 12.5. The number of imidazole rings is 2.